The lowest BCUT2D eigenvalue weighted by atomic mass is 9.97. The Bertz CT molecular complexity index is 5020. The molecule has 336 valence electrons. The van der Waals surface area contributed by atoms with Gasteiger partial charge in [0, 0.05) is 83.5 Å². The molecule has 0 radical (unpaired) electrons. The Balaban J connectivity index is 0.726. The van der Waals surface area contributed by atoms with Crippen molar-refractivity contribution in [1.29, 1.82) is 0 Å². The standard InChI is InChI=1S/C64H36N4O4/c1-3-12-51-41(10-1)63-53(14-6-24-65-63)67(51)39-18-22-57-45(29-39)49-33-59-47(31-61(49)71-57)43-27-37(16-20-55(43)69-59)35-8-5-9-36(26-35)38-17-21-56-44(28-38)48-32-62-50(34-60(48)70-56)46-30-40(19-23-58(46)72-62)68-52-13-4-2-11-42(52)64-54(68)15-7-25-66-64/h1-3,5-12,14-34H,4,13H2. The molecule has 16 aromatic rings. The Labute approximate surface area is 407 Å². The van der Waals surface area contributed by atoms with E-state index in [9.17, 15) is 0 Å². The number of pyridine rings is 2. The summed E-state index contributed by atoms with van der Waals surface area (Å²) in [4.78, 5) is 9.52. The van der Waals surface area contributed by atoms with Crippen LogP contribution >= 0.6 is 0 Å². The van der Waals surface area contributed by atoms with Crippen LogP contribution in [0.4, 0.5) is 0 Å². The number of benzene rings is 8. The first-order valence-electron chi connectivity index (χ1n) is 24.4. The van der Waals surface area contributed by atoms with Crippen LogP contribution in [0.5, 0.6) is 0 Å². The SMILES string of the molecule is C1=Cc2c(n(-c3ccc4oc5cc6c(cc5c4c3)oc3ccc(-c4cccc(-c5ccc7oc8cc9c(cc8c7c5)oc5ccc(-n7c8ccccc8c8ncccc87)cc59)c4)cc36)c3cccnc23)CC1. The number of hydrogen-bond donors (Lipinski definition) is 0. The molecular formula is C64H36N4O4. The second kappa shape index (κ2) is 14.0. The lowest BCUT2D eigenvalue weighted by Gasteiger charge is -2.13. The molecule has 8 nitrogen and oxygen atoms in total. The number of rotatable bonds is 4. The predicted octanol–water partition coefficient (Wildman–Crippen LogP) is 17.4. The van der Waals surface area contributed by atoms with Gasteiger partial charge in [0.15, 0.2) is 0 Å². The lowest BCUT2D eigenvalue weighted by Crippen LogP contribution is -2.02. The molecule has 0 fully saturated rings. The zero-order chi connectivity index (χ0) is 46.8. The van der Waals surface area contributed by atoms with Gasteiger partial charge in [-0.3, -0.25) is 9.97 Å². The quantitative estimate of drug-likeness (QED) is 0.175. The van der Waals surface area contributed by atoms with Gasteiger partial charge in [-0.15, -0.1) is 0 Å². The Morgan fingerprint density at radius 2 is 0.819 bits per heavy atom. The van der Waals surface area contributed by atoms with E-state index in [1.165, 1.54) is 11.3 Å². The molecular weight excluding hydrogens is 889 g/mol. The van der Waals surface area contributed by atoms with Crippen LogP contribution in [0.15, 0.2) is 206 Å². The smallest absolute Gasteiger partial charge is 0.136 e. The predicted molar refractivity (Wildman–Crippen MR) is 291 cm³/mol. The minimum Gasteiger partial charge on any atom is -0.456 e. The molecule has 8 heterocycles. The Morgan fingerprint density at radius 1 is 0.347 bits per heavy atom. The van der Waals surface area contributed by atoms with Gasteiger partial charge in [-0.05, 0) is 156 Å². The third-order valence-electron chi connectivity index (χ3n) is 15.3. The van der Waals surface area contributed by atoms with E-state index >= 15 is 0 Å². The highest BCUT2D eigenvalue weighted by Gasteiger charge is 2.22. The summed E-state index contributed by atoms with van der Waals surface area (Å²) >= 11 is 0. The minimum absolute atomic E-state index is 0.821. The molecule has 0 atom stereocenters. The number of furan rings is 4. The summed E-state index contributed by atoms with van der Waals surface area (Å²) in [7, 11) is 0. The van der Waals surface area contributed by atoms with Gasteiger partial charge in [0.2, 0.25) is 0 Å². The Morgan fingerprint density at radius 3 is 1.42 bits per heavy atom. The molecule has 0 saturated carbocycles. The zero-order valence-corrected chi connectivity index (χ0v) is 38.3. The van der Waals surface area contributed by atoms with Crippen molar-refractivity contribution in [2.45, 2.75) is 12.8 Å². The number of fused-ring (bicyclic) bond motifs is 18. The molecule has 0 amide bonds. The molecule has 0 aliphatic heterocycles. The largest absolute Gasteiger partial charge is 0.456 e. The van der Waals surface area contributed by atoms with Crippen molar-refractivity contribution in [2.24, 2.45) is 0 Å². The second-order valence-electron chi connectivity index (χ2n) is 19.2. The first kappa shape index (κ1) is 38.2. The maximum atomic E-state index is 6.58. The van der Waals surface area contributed by atoms with Crippen molar-refractivity contribution in [3.05, 3.63) is 200 Å². The summed E-state index contributed by atoms with van der Waals surface area (Å²) in [6.45, 7) is 0. The van der Waals surface area contributed by atoms with Crippen LogP contribution in [0, 0.1) is 0 Å². The minimum atomic E-state index is 0.821. The zero-order valence-electron chi connectivity index (χ0n) is 38.3. The first-order chi connectivity index (χ1) is 35.6. The highest BCUT2D eigenvalue weighted by molar-refractivity contribution is 6.17. The molecule has 0 spiro atoms. The summed E-state index contributed by atoms with van der Waals surface area (Å²) < 4.78 is 30.9. The topological polar surface area (TPSA) is 88.2 Å². The molecule has 1 aliphatic rings. The molecule has 17 rings (SSSR count). The second-order valence-corrected chi connectivity index (χ2v) is 19.2. The molecule has 8 aromatic carbocycles. The van der Waals surface area contributed by atoms with Crippen molar-refractivity contribution in [3.8, 4) is 33.6 Å². The van der Waals surface area contributed by atoms with E-state index in [1.54, 1.807) is 0 Å². The van der Waals surface area contributed by atoms with E-state index in [1.807, 2.05) is 24.5 Å². The number of para-hydroxylation sites is 1. The highest BCUT2D eigenvalue weighted by Crippen LogP contribution is 2.43. The summed E-state index contributed by atoms with van der Waals surface area (Å²) in [5, 5.41) is 9.39. The van der Waals surface area contributed by atoms with E-state index in [4.69, 9.17) is 27.6 Å². The van der Waals surface area contributed by atoms with Crippen LogP contribution in [0.3, 0.4) is 0 Å². The van der Waals surface area contributed by atoms with Crippen LogP contribution in [0.25, 0.3) is 160 Å². The van der Waals surface area contributed by atoms with Crippen molar-refractivity contribution in [1.82, 2.24) is 19.1 Å². The van der Waals surface area contributed by atoms with E-state index in [2.05, 4.69) is 179 Å². The van der Waals surface area contributed by atoms with Gasteiger partial charge in [0.1, 0.15) is 44.7 Å². The summed E-state index contributed by atoms with van der Waals surface area (Å²) in [5.41, 5.74) is 21.1. The Kier molecular flexibility index (Phi) is 7.43. The molecule has 0 unspecified atom stereocenters. The van der Waals surface area contributed by atoms with Gasteiger partial charge in [0.05, 0.1) is 27.6 Å². The van der Waals surface area contributed by atoms with Gasteiger partial charge < -0.3 is 26.8 Å². The fourth-order valence-corrected chi connectivity index (χ4v) is 12.0. The highest BCUT2D eigenvalue weighted by atomic mass is 16.3. The summed E-state index contributed by atoms with van der Waals surface area (Å²) in [6, 6.07) is 59.9. The van der Waals surface area contributed by atoms with Crippen molar-refractivity contribution < 1.29 is 17.7 Å². The average Bonchev–Trinajstić information content (AvgIpc) is 4.28. The first-order valence-corrected chi connectivity index (χ1v) is 24.4. The number of allylic oxidation sites excluding steroid dienone is 1. The van der Waals surface area contributed by atoms with Gasteiger partial charge in [-0.2, -0.15) is 0 Å². The fraction of sp³-hybridized carbons (Fsp3) is 0.0312. The molecule has 72 heavy (non-hydrogen) atoms. The van der Waals surface area contributed by atoms with Gasteiger partial charge in [-0.25, -0.2) is 0 Å². The van der Waals surface area contributed by atoms with Crippen LogP contribution in [0.1, 0.15) is 17.7 Å². The van der Waals surface area contributed by atoms with Crippen molar-refractivity contribution in [2.75, 3.05) is 0 Å². The van der Waals surface area contributed by atoms with Crippen molar-refractivity contribution >= 4 is 127 Å². The van der Waals surface area contributed by atoms with Gasteiger partial charge >= 0.3 is 0 Å². The Hall–Kier alpha value is -9.66. The fourth-order valence-electron chi connectivity index (χ4n) is 12.0. The summed E-state index contributed by atoms with van der Waals surface area (Å²) in [5.74, 6) is 0. The molecule has 1 aliphatic carbocycles. The monoisotopic (exact) mass is 924 g/mol. The van der Waals surface area contributed by atoms with Crippen molar-refractivity contribution in [3.63, 3.8) is 0 Å². The van der Waals surface area contributed by atoms with E-state index < -0.39 is 0 Å². The lowest BCUT2D eigenvalue weighted by molar-refractivity contribution is 0.664. The van der Waals surface area contributed by atoms with Gasteiger partial charge in [0.25, 0.3) is 0 Å². The van der Waals surface area contributed by atoms with Crippen LogP contribution in [0.2, 0.25) is 0 Å². The van der Waals surface area contributed by atoms with Crippen LogP contribution in [-0.4, -0.2) is 19.1 Å². The van der Waals surface area contributed by atoms with Crippen LogP contribution < -0.4 is 0 Å². The normalized spacial score (nSPS) is 13.1. The average molecular weight is 925 g/mol. The molecule has 8 aromatic heterocycles. The van der Waals surface area contributed by atoms with E-state index in [-0.39, 0.29) is 0 Å². The molecule has 8 heteroatoms. The molecule has 0 N–H and O–H groups in total. The number of hydrogen-bond acceptors (Lipinski definition) is 6. The third-order valence-corrected chi connectivity index (χ3v) is 15.3. The molecule has 0 saturated heterocycles. The summed E-state index contributed by atoms with van der Waals surface area (Å²) in [6.07, 6.45) is 10.2. The molecule has 0 bridgehead atoms. The maximum Gasteiger partial charge on any atom is 0.136 e. The number of nitrogens with zero attached hydrogens (tertiary/aromatic N) is 4. The third kappa shape index (κ3) is 5.29. The van der Waals surface area contributed by atoms with E-state index in [0.29, 0.717) is 0 Å². The van der Waals surface area contributed by atoms with Crippen LogP contribution in [-0.2, 0) is 6.42 Å². The van der Waals surface area contributed by atoms with E-state index in [0.717, 1.165) is 167 Å². The number of aromatic nitrogens is 4. The maximum absolute atomic E-state index is 6.58. The van der Waals surface area contributed by atoms with Gasteiger partial charge in [-0.1, -0.05) is 60.7 Å².